The van der Waals surface area contributed by atoms with Gasteiger partial charge in [-0.15, -0.1) is 10.2 Å². The Bertz CT molecular complexity index is 1050. The van der Waals surface area contributed by atoms with Crippen LogP contribution in [0.5, 0.6) is 0 Å². The predicted octanol–water partition coefficient (Wildman–Crippen LogP) is 3.39. The van der Waals surface area contributed by atoms with Crippen molar-refractivity contribution in [1.29, 1.82) is 0 Å². The molecule has 1 aromatic carbocycles. The van der Waals surface area contributed by atoms with E-state index < -0.39 is 0 Å². The van der Waals surface area contributed by atoms with Gasteiger partial charge in [-0.05, 0) is 32.9 Å². The second kappa shape index (κ2) is 6.29. The smallest absolute Gasteiger partial charge is 0.257 e. The Labute approximate surface area is 148 Å². The van der Waals surface area contributed by atoms with E-state index in [1.165, 1.54) is 11.8 Å². The third-order valence-corrected chi connectivity index (χ3v) is 4.65. The van der Waals surface area contributed by atoms with Crippen LogP contribution in [0.4, 0.5) is 0 Å². The van der Waals surface area contributed by atoms with Gasteiger partial charge in [-0.1, -0.05) is 34.6 Å². The molecule has 0 aliphatic heterocycles. The predicted molar refractivity (Wildman–Crippen MR) is 94.3 cm³/mol. The highest BCUT2D eigenvalue weighted by molar-refractivity contribution is 7.98. The summed E-state index contributed by atoms with van der Waals surface area (Å²) in [5.74, 6) is 2.55. The highest BCUT2D eigenvalue weighted by Crippen LogP contribution is 2.24. The van der Waals surface area contributed by atoms with Crippen LogP contribution in [0.3, 0.4) is 0 Å². The molecule has 3 aromatic heterocycles. The van der Waals surface area contributed by atoms with Gasteiger partial charge in [-0.2, -0.15) is 4.98 Å². The molecule has 8 heteroatoms. The zero-order chi connectivity index (χ0) is 17.4. The molecule has 0 radical (unpaired) electrons. The van der Waals surface area contributed by atoms with Crippen molar-refractivity contribution in [2.75, 3.05) is 0 Å². The lowest BCUT2D eigenvalue weighted by atomic mass is 10.1. The lowest BCUT2D eigenvalue weighted by Gasteiger charge is -2.02. The normalized spacial score (nSPS) is 11.3. The van der Waals surface area contributed by atoms with Crippen LogP contribution in [0.2, 0.25) is 0 Å². The van der Waals surface area contributed by atoms with E-state index in [1.807, 2.05) is 55.5 Å². The molecule has 7 nitrogen and oxygen atoms in total. The van der Waals surface area contributed by atoms with Crippen LogP contribution in [0.1, 0.15) is 22.9 Å². The third kappa shape index (κ3) is 3.12. The van der Waals surface area contributed by atoms with E-state index in [2.05, 4.69) is 25.3 Å². The molecular weight excluding hydrogens is 336 g/mol. The Balaban J connectivity index is 1.55. The fraction of sp³-hybridized carbons (Fsp3) is 0.235. The van der Waals surface area contributed by atoms with Gasteiger partial charge in [-0.3, -0.25) is 4.40 Å². The number of nitrogens with zero attached hydrogens (tertiary/aromatic N) is 6. The second-order valence-corrected chi connectivity index (χ2v) is 6.74. The van der Waals surface area contributed by atoms with Gasteiger partial charge in [0.05, 0.1) is 5.75 Å². The van der Waals surface area contributed by atoms with Crippen molar-refractivity contribution in [3.8, 4) is 11.5 Å². The van der Waals surface area contributed by atoms with E-state index in [-0.39, 0.29) is 0 Å². The van der Waals surface area contributed by atoms with Gasteiger partial charge in [0.15, 0.2) is 16.6 Å². The van der Waals surface area contributed by atoms with E-state index in [0.717, 1.165) is 33.4 Å². The Kier molecular flexibility index (Phi) is 3.96. The summed E-state index contributed by atoms with van der Waals surface area (Å²) >= 11 is 1.51. The molecule has 0 unspecified atom stereocenters. The van der Waals surface area contributed by atoms with Gasteiger partial charge >= 0.3 is 0 Å². The monoisotopic (exact) mass is 352 g/mol. The van der Waals surface area contributed by atoms with Crippen molar-refractivity contribution in [3.05, 3.63) is 53.2 Å². The molecule has 0 aliphatic rings. The average Bonchev–Trinajstić information content (AvgIpc) is 3.19. The zero-order valence-corrected chi connectivity index (χ0v) is 14.9. The first kappa shape index (κ1) is 15.8. The van der Waals surface area contributed by atoms with Crippen molar-refractivity contribution in [2.24, 2.45) is 0 Å². The molecular formula is C17H16N6OS. The summed E-state index contributed by atoms with van der Waals surface area (Å²) in [5.41, 5.74) is 3.79. The number of hydrogen-bond donors (Lipinski definition) is 0. The molecule has 4 rings (SSSR count). The van der Waals surface area contributed by atoms with Crippen LogP contribution in [0.25, 0.3) is 17.1 Å². The highest BCUT2D eigenvalue weighted by Gasteiger charge is 2.13. The quantitative estimate of drug-likeness (QED) is 0.521. The molecule has 4 aromatic rings. The molecule has 0 spiro atoms. The summed E-state index contributed by atoms with van der Waals surface area (Å²) < 4.78 is 7.30. The van der Waals surface area contributed by atoms with Crippen LogP contribution in [-0.4, -0.2) is 29.7 Å². The molecule has 3 heterocycles. The van der Waals surface area contributed by atoms with Crippen molar-refractivity contribution >= 4 is 17.4 Å². The van der Waals surface area contributed by atoms with Crippen LogP contribution in [0.15, 0.2) is 40.0 Å². The standard InChI is InChI=1S/C17H16N6OS/c1-10-5-4-6-13(7-10)16-19-14(22-24-16)9-25-17-21-20-15-8-11(2)18-12(3)23(15)17/h4-8H,9H2,1-3H3. The second-order valence-electron chi connectivity index (χ2n) is 5.79. The third-order valence-electron chi connectivity index (χ3n) is 3.72. The largest absolute Gasteiger partial charge is 0.334 e. The summed E-state index contributed by atoms with van der Waals surface area (Å²) in [6.07, 6.45) is 0. The summed E-state index contributed by atoms with van der Waals surface area (Å²) in [6, 6.07) is 9.90. The fourth-order valence-electron chi connectivity index (χ4n) is 2.63. The molecule has 126 valence electrons. The molecule has 0 aliphatic carbocycles. The minimum Gasteiger partial charge on any atom is -0.334 e. The van der Waals surface area contributed by atoms with Crippen LogP contribution < -0.4 is 0 Å². The van der Waals surface area contributed by atoms with E-state index in [0.29, 0.717) is 17.5 Å². The maximum atomic E-state index is 5.37. The number of rotatable bonds is 4. The van der Waals surface area contributed by atoms with Crippen molar-refractivity contribution in [2.45, 2.75) is 31.7 Å². The Morgan fingerprint density at radius 1 is 1.08 bits per heavy atom. The van der Waals surface area contributed by atoms with Crippen molar-refractivity contribution in [3.63, 3.8) is 0 Å². The molecule has 0 saturated heterocycles. The Hall–Kier alpha value is -2.74. The average molecular weight is 352 g/mol. The first-order valence-corrected chi connectivity index (χ1v) is 8.80. The highest BCUT2D eigenvalue weighted by atomic mass is 32.2. The lowest BCUT2D eigenvalue weighted by molar-refractivity contribution is 0.425. The fourth-order valence-corrected chi connectivity index (χ4v) is 3.46. The zero-order valence-electron chi connectivity index (χ0n) is 14.1. The number of aromatic nitrogens is 6. The number of benzene rings is 1. The van der Waals surface area contributed by atoms with Gasteiger partial charge in [0.25, 0.3) is 5.89 Å². The maximum absolute atomic E-state index is 5.37. The SMILES string of the molecule is Cc1cccc(-c2nc(CSc3nnc4cc(C)nc(C)n34)no2)c1. The molecule has 0 N–H and O–H groups in total. The molecule has 0 bridgehead atoms. The van der Waals surface area contributed by atoms with Crippen LogP contribution in [-0.2, 0) is 5.75 Å². The van der Waals surface area contributed by atoms with Crippen LogP contribution in [0, 0.1) is 20.8 Å². The maximum Gasteiger partial charge on any atom is 0.257 e. The number of fused-ring (bicyclic) bond motifs is 1. The van der Waals surface area contributed by atoms with Gasteiger partial charge in [0, 0.05) is 17.3 Å². The first-order chi connectivity index (χ1) is 12.1. The minimum atomic E-state index is 0.527. The summed E-state index contributed by atoms with van der Waals surface area (Å²) in [6.45, 7) is 5.92. The van der Waals surface area contributed by atoms with Gasteiger partial charge in [-0.25, -0.2) is 4.98 Å². The van der Waals surface area contributed by atoms with Crippen molar-refractivity contribution in [1.82, 2.24) is 29.7 Å². The van der Waals surface area contributed by atoms with E-state index in [4.69, 9.17) is 4.52 Å². The summed E-state index contributed by atoms with van der Waals surface area (Å²) in [5, 5.41) is 13.3. The number of aryl methyl sites for hydroxylation is 3. The lowest BCUT2D eigenvalue weighted by Crippen LogP contribution is -1.99. The topological polar surface area (TPSA) is 82.0 Å². The summed E-state index contributed by atoms with van der Waals surface area (Å²) in [7, 11) is 0. The molecule has 0 saturated carbocycles. The van der Waals surface area contributed by atoms with E-state index >= 15 is 0 Å². The van der Waals surface area contributed by atoms with Gasteiger partial charge in [0.2, 0.25) is 0 Å². The van der Waals surface area contributed by atoms with E-state index in [9.17, 15) is 0 Å². The molecule has 0 atom stereocenters. The molecule has 0 fully saturated rings. The van der Waals surface area contributed by atoms with Gasteiger partial charge < -0.3 is 4.52 Å². The molecule has 25 heavy (non-hydrogen) atoms. The number of hydrogen-bond acceptors (Lipinski definition) is 7. The van der Waals surface area contributed by atoms with Gasteiger partial charge in [0.1, 0.15) is 5.82 Å². The van der Waals surface area contributed by atoms with Crippen molar-refractivity contribution < 1.29 is 4.52 Å². The first-order valence-electron chi connectivity index (χ1n) is 7.82. The number of thioether (sulfide) groups is 1. The summed E-state index contributed by atoms with van der Waals surface area (Å²) in [4.78, 5) is 8.93. The van der Waals surface area contributed by atoms with Crippen LogP contribution >= 0.6 is 11.8 Å². The Morgan fingerprint density at radius 2 is 1.96 bits per heavy atom. The molecule has 0 amide bonds. The Morgan fingerprint density at radius 3 is 2.80 bits per heavy atom. The van der Waals surface area contributed by atoms with E-state index in [1.54, 1.807) is 0 Å². The minimum absolute atomic E-state index is 0.527.